The fourth-order valence-corrected chi connectivity index (χ4v) is 3.07. The average Bonchev–Trinajstić information content (AvgIpc) is 3.15. The minimum absolute atomic E-state index is 0.0621. The molecule has 1 N–H and O–H groups in total. The Hall–Kier alpha value is -2.11. The largest absolute Gasteiger partial charge is 0.371 e. The minimum atomic E-state index is -0.209. The molecule has 1 aliphatic rings. The lowest BCUT2D eigenvalue weighted by Crippen LogP contribution is -2.37. The summed E-state index contributed by atoms with van der Waals surface area (Å²) in [6.07, 6.45) is 2.21. The molecular formula is C18H19ClN2O3. The van der Waals surface area contributed by atoms with Gasteiger partial charge in [-0.05, 0) is 37.1 Å². The number of rotatable bonds is 4. The van der Waals surface area contributed by atoms with E-state index in [4.69, 9.17) is 16.3 Å². The second-order valence-electron chi connectivity index (χ2n) is 5.99. The molecule has 2 heterocycles. The highest BCUT2D eigenvalue weighted by atomic mass is 35.5. The van der Waals surface area contributed by atoms with Crippen LogP contribution in [0.1, 0.15) is 45.9 Å². The van der Waals surface area contributed by atoms with Crippen molar-refractivity contribution in [2.24, 2.45) is 7.05 Å². The predicted molar refractivity (Wildman–Crippen MR) is 91.4 cm³/mol. The standard InChI is InChI=1S/C18H19ClN2O3/c1-11(22)13-9-16(21(2)10-13)18(23)20-15-7-8-24-17(15)12-3-5-14(19)6-4-12/h3-6,9-10,15,17H,7-8H2,1-2H3,(H,20,23). The van der Waals surface area contributed by atoms with E-state index in [-0.39, 0.29) is 23.8 Å². The van der Waals surface area contributed by atoms with Crippen LogP contribution in [0, 0.1) is 0 Å². The SMILES string of the molecule is CC(=O)c1cc(C(=O)NC2CCOC2c2ccc(Cl)cc2)n(C)c1. The molecule has 0 spiro atoms. The van der Waals surface area contributed by atoms with Crippen molar-refractivity contribution >= 4 is 23.3 Å². The molecule has 1 aromatic carbocycles. The number of nitrogens with one attached hydrogen (secondary N) is 1. The first-order valence-corrected chi connectivity index (χ1v) is 8.18. The summed E-state index contributed by atoms with van der Waals surface area (Å²) in [6.45, 7) is 2.07. The summed E-state index contributed by atoms with van der Waals surface area (Å²) in [5, 5.41) is 3.69. The van der Waals surface area contributed by atoms with Crippen LogP contribution >= 0.6 is 11.6 Å². The molecule has 3 rings (SSSR count). The summed E-state index contributed by atoms with van der Waals surface area (Å²) in [7, 11) is 1.75. The third kappa shape index (κ3) is 3.37. The summed E-state index contributed by atoms with van der Waals surface area (Å²) >= 11 is 5.92. The van der Waals surface area contributed by atoms with Gasteiger partial charge in [0.05, 0.1) is 6.04 Å². The Morgan fingerprint density at radius 3 is 2.62 bits per heavy atom. The van der Waals surface area contributed by atoms with E-state index < -0.39 is 0 Å². The van der Waals surface area contributed by atoms with Crippen molar-refractivity contribution < 1.29 is 14.3 Å². The molecule has 2 unspecified atom stereocenters. The number of aromatic nitrogens is 1. The number of hydrogen-bond donors (Lipinski definition) is 1. The van der Waals surface area contributed by atoms with Gasteiger partial charge in [0.25, 0.3) is 5.91 Å². The smallest absolute Gasteiger partial charge is 0.268 e. The van der Waals surface area contributed by atoms with Gasteiger partial charge in [0.15, 0.2) is 5.78 Å². The number of ketones is 1. The molecule has 1 amide bonds. The normalized spacial score (nSPS) is 20.1. The van der Waals surface area contributed by atoms with Crippen LogP contribution in [0.5, 0.6) is 0 Å². The number of carbonyl (C=O) groups is 2. The Bertz CT molecular complexity index is 767. The first kappa shape index (κ1) is 16.7. The molecule has 1 fully saturated rings. The van der Waals surface area contributed by atoms with Crippen LogP contribution in [0.2, 0.25) is 5.02 Å². The highest BCUT2D eigenvalue weighted by Gasteiger charge is 2.31. The van der Waals surface area contributed by atoms with E-state index in [9.17, 15) is 9.59 Å². The number of carbonyl (C=O) groups excluding carboxylic acids is 2. The first-order valence-electron chi connectivity index (χ1n) is 7.81. The van der Waals surface area contributed by atoms with E-state index in [0.29, 0.717) is 22.9 Å². The van der Waals surface area contributed by atoms with E-state index in [1.54, 1.807) is 23.9 Å². The summed E-state index contributed by atoms with van der Waals surface area (Å²) in [4.78, 5) is 24.0. The fourth-order valence-electron chi connectivity index (χ4n) is 2.94. The van der Waals surface area contributed by atoms with Crippen LogP contribution in [0.25, 0.3) is 0 Å². The van der Waals surface area contributed by atoms with Crippen molar-refractivity contribution in [2.45, 2.75) is 25.5 Å². The van der Waals surface area contributed by atoms with Gasteiger partial charge in [0.2, 0.25) is 0 Å². The van der Waals surface area contributed by atoms with Gasteiger partial charge in [-0.25, -0.2) is 0 Å². The lowest BCUT2D eigenvalue weighted by atomic mass is 10.0. The second kappa shape index (κ2) is 6.79. The Labute approximate surface area is 145 Å². The first-order chi connectivity index (χ1) is 11.5. The molecule has 0 aliphatic carbocycles. The summed E-state index contributed by atoms with van der Waals surface area (Å²) in [5.74, 6) is -0.271. The van der Waals surface area contributed by atoms with Gasteiger partial charge in [0, 0.05) is 30.4 Å². The molecule has 0 saturated carbocycles. The quantitative estimate of drug-likeness (QED) is 0.865. The fraction of sp³-hybridized carbons (Fsp3) is 0.333. The van der Waals surface area contributed by atoms with Gasteiger partial charge in [-0.2, -0.15) is 0 Å². The molecule has 2 aromatic rings. The van der Waals surface area contributed by atoms with Crippen LogP contribution in [0.15, 0.2) is 36.5 Å². The van der Waals surface area contributed by atoms with Crippen molar-refractivity contribution in [3.8, 4) is 0 Å². The Morgan fingerprint density at radius 1 is 1.29 bits per heavy atom. The van der Waals surface area contributed by atoms with Gasteiger partial charge in [-0.1, -0.05) is 23.7 Å². The highest BCUT2D eigenvalue weighted by molar-refractivity contribution is 6.30. The molecule has 6 heteroatoms. The van der Waals surface area contributed by atoms with E-state index >= 15 is 0 Å². The third-order valence-corrected chi connectivity index (χ3v) is 4.50. The minimum Gasteiger partial charge on any atom is -0.371 e. The Kier molecular flexibility index (Phi) is 4.73. The van der Waals surface area contributed by atoms with E-state index in [1.165, 1.54) is 6.92 Å². The van der Waals surface area contributed by atoms with Crippen LogP contribution < -0.4 is 5.32 Å². The van der Waals surface area contributed by atoms with Crippen LogP contribution in [0.4, 0.5) is 0 Å². The van der Waals surface area contributed by atoms with Crippen molar-refractivity contribution in [2.75, 3.05) is 6.61 Å². The molecule has 2 atom stereocenters. The van der Waals surface area contributed by atoms with Gasteiger partial charge in [-0.3, -0.25) is 9.59 Å². The van der Waals surface area contributed by atoms with Crippen LogP contribution in [0.3, 0.4) is 0 Å². The molecule has 1 saturated heterocycles. The molecule has 5 nitrogen and oxygen atoms in total. The molecule has 1 aliphatic heterocycles. The Morgan fingerprint density at radius 2 is 2.00 bits per heavy atom. The molecule has 0 bridgehead atoms. The number of halogens is 1. The number of Topliss-reactive ketones (excluding diaryl/α,β-unsaturated/α-hetero) is 1. The van der Waals surface area contributed by atoms with Crippen LogP contribution in [-0.4, -0.2) is 28.9 Å². The zero-order valence-electron chi connectivity index (χ0n) is 13.6. The predicted octanol–water partition coefficient (Wildman–Crippen LogP) is 3.14. The monoisotopic (exact) mass is 346 g/mol. The van der Waals surface area contributed by atoms with Gasteiger partial charge >= 0.3 is 0 Å². The second-order valence-corrected chi connectivity index (χ2v) is 6.43. The van der Waals surface area contributed by atoms with Gasteiger partial charge < -0.3 is 14.6 Å². The summed E-state index contributed by atoms with van der Waals surface area (Å²) in [6, 6.07) is 8.95. The van der Waals surface area contributed by atoms with Crippen molar-refractivity contribution in [1.29, 1.82) is 0 Å². The summed E-state index contributed by atoms with van der Waals surface area (Å²) in [5.41, 5.74) is 1.97. The third-order valence-electron chi connectivity index (χ3n) is 4.25. The van der Waals surface area contributed by atoms with E-state index in [2.05, 4.69) is 5.32 Å². The average molecular weight is 347 g/mol. The number of hydrogen-bond acceptors (Lipinski definition) is 3. The maximum absolute atomic E-state index is 12.6. The van der Waals surface area contributed by atoms with Crippen molar-refractivity contribution in [3.63, 3.8) is 0 Å². The summed E-state index contributed by atoms with van der Waals surface area (Å²) < 4.78 is 7.45. The lowest BCUT2D eigenvalue weighted by molar-refractivity contribution is 0.0816. The molecule has 1 aromatic heterocycles. The zero-order chi connectivity index (χ0) is 17.3. The maximum Gasteiger partial charge on any atom is 0.268 e. The number of benzene rings is 1. The number of ether oxygens (including phenoxy) is 1. The van der Waals surface area contributed by atoms with Gasteiger partial charge in [0.1, 0.15) is 11.8 Å². The van der Waals surface area contributed by atoms with E-state index in [1.807, 2.05) is 24.3 Å². The Balaban J connectivity index is 1.76. The van der Waals surface area contributed by atoms with Gasteiger partial charge in [-0.15, -0.1) is 0 Å². The molecule has 24 heavy (non-hydrogen) atoms. The van der Waals surface area contributed by atoms with Crippen molar-refractivity contribution in [3.05, 3.63) is 58.4 Å². The molecule has 0 radical (unpaired) electrons. The number of amides is 1. The highest BCUT2D eigenvalue weighted by Crippen LogP contribution is 2.30. The number of aryl methyl sites for hydroxylation is 1. The van der Waals surface area contributed by atoms with Crippen LogP contribution in [-0.2, 0) is 11.8 Å². The molecule has 126 valence electrons. The lowest BCUT2D eigenvalue weighted by Gasteiger charge is -2.20. The number of nitrogens with zero attached hydrogens (tertiary/aromatic N) is 1. The zero-order valence-corrected chi connectivity index (χ0v) is 14.3. The molecular weight excluding hydrogens is 328 g/mol. The van der Waals surface area contributed by atoms with Crippen molar-refractivity contribution in [1.82, 2.24) is 9.88 Å². The van der Waals surface area contributed by atoms with E-state index in [0.717, 1.165) is 12.0 Å². The maximum atomic E-state index is 12.6. The topological polar surface area (TPSA) is 60.3 Å².